The molecule has 0 spiro atoms. The first kappa shape index (κ1) is 18.3. The lowest BCUT2D eigenvalue weighted by Gasteiger charge is -2.08. The molecule has 4 rings (SSSR count). The van der Waals surface area contributed by atoms with Crippen molar-refractivity contribution in [3.8, 4) is 0 Å². The Morgan fingerprint density at radius 2 is 1.89 bits per heavy atom. The molecule has 0 aliphatic rings. The van der Waals surface area contributed by atoms with Crippen LogP contribution in [-0.4, -0.2) is 27.0 Å². The number of imidazole rings is 1. The summed E-state index contributed by atoms with van der Waals surface area (Å²) in [6.45, 7) is 1.40. The first-order valence-electron chi connectivity index (χ1n) is 9.16. The maximum atomic E-state index is 12.1. The number of nitrogens with two attached hydrogens (primary N) is 1. The number of hydrogen-bond donors (Lipinski definition) is 2. The number of unbranched alkanes of at least 4 members (excludes halogenated alkanes) is 1. The van der Waals surface area contributed by atoms with Gasteiger partial charge in [0.15, 0.2) is 5.82 Å². The molecule has 2 aromatic carbocycles. The summed E-state index contributed by atoms with van der Waals surface area (Å²) in [5, 5.41) is 4.60. The molecule has 0 unspecified atom stereocenters. The number of carbonyl (C=O) groups excluding carboxylic acids is 1. The van der Waals surface area contributed by atoms with Gasteiger partial charge in [-0.15, -0.1) is 0 Å². The van der Waals surface area contributed by atoms with E-state index in [4.69, 9.17) is 17.3 Å². The topological polar surface area (TPSA) is 85.8 Å². The molecule has 0 aliphatic heterocycles. The number of anilines is 1. The quantitative estimate of drug-likeness (QED) is 0.484. The third-order valence-corrected chi connectivity index (χ3v) is 4.95. The normalized spacial score (nSPS) is 11.2. The van der Waals surface area contributed by atoms with Crippen molar-refractivity contribution in [3.63, 3.8) is 0 Å². The van der Waals surface area contributed by atoms with Gasteiger partial charge in [0.2, 0.25) is 0 Å². The SMILES string of the molecule is Nc1nc2ccccc2c2c1ncn2CCCCNC(=O)c1ccc(Cl)cc1. The van der Waals surface area contributed by atoms with Gasteiger partial charge < -0.3 is 15.6 Å². The number of hydrogen-bond acceptors (Lipinski definition) is 4. The minimum atomic E-state index is -0.0883. The Hall–Kier alpha value is -3.12. The molecule has 28 heavy (non-hydrogen) atoms. The third kappa shape index (κ3) is 3.64. The van der Waals surface area contributed by atoms with Gasteiger partial charge in [-0.05, 0) is 43.2 Å². The largest absolute Gasteiger partial charge is 0.382 e. The number of nitrogens with zero attached hydrogens (tertiary/aromatic N) is 3. The minimum Gasteiger partial charge on any atom is -0.382 e. The van der Waals surface area contributed by atoms with Crippen LogP contribution in [0.5, 0.6) is 0 Å². The van der Waals surface area contributed by atoms with Crippen molar-refractivity contribution in [2.75, 3.05) is 12.3 Å². The Morgan fingerprint density at radius 1 is 1.11 bits per heavy atom. The average Bonchev–Trinajstić information content (AvgIpc) is 3.13. The van der Waals surface area contributed by atoms with Crippen LogP contribution in [0, 0.1) is 0 Å². The number of amides is 1. The van der Waals surface area contributed by atoms with Crippen LogP contribution in [0.3, 0.4) is 0 Å². The van der Waals surface area contributed by atoms with Crippen LogP contribution < -0.4 is 11.1 Å². The van der Waals surface area contributed by atoms with Crippen LogP contribution in [0.2, 0.25) is 5.02 Å². The predicted molar refractivity (Wildman–Crippen MR) is 112 cm³/mol. The van der Waals surface area contributed by atoms with Crippen molar-refractivity contribution >= 4 is 45.3 Å². The van der Waals surface area contributed by atoms with Crippen LogP contribution in [-0.2, 0) is 6.54 Å². The standard InChI is InChI=1S/C21H20ClN5O/c22-15-9-7-14(8-10-15)21(28)24-11-3-4-12-27-13-25-18-19(27)16-5-1-2-6-17(16)26-20(18)23/h1-2,5-10,13H,3-4,11-12H2,(H2,23,26)(H,24,28). The molecule has 1 amide bonds. The van der Waals surface area contributed by atoms with Crippen LogP contribution in [0.1, 0.15) is 23.2 Å². The zero-order valence-electron chi connectivity index (χ0n) is 15.2. The Balaban J connectivity index is 1.38. The van der Waals surface area contributed by atoms with Crippen molar-refractivity contribution in [2.24, 2.45) is 0 Å². The van der Waals surface area contributed by atoms with E-state index in [1.54, 1.807) is 30.6 Å². The number of pyridine rings is 1. The molecular weight excluding hydrogens is 374 g/mol. The molecular formula is C21H20ClN5O. The highest BCUT2D eigenvalue weighted by molar-refractivity contribution is 6.30. The van der Waals surface area contributed by atoms with Gasteiger partial charge in [-0.2, -0.15) is 0 Å². The fourth-order valence-corrected chi connectivity index (χ4v) is 3.41. The van der Waals surface area contributed by atoms with E-state index in [-0.39, 0.29) is 5.91 Å². The van der Waals surface area contributed by atoms with Gasteiger partial charge in [-0.3, -0.25) is 4.79 Å². The van der Waals surface area contributed by atoms with Crippen molar-refractivity contribution in [3.05, 3.63) is 65.4 Å². The molecule has 0 atom stereocenters. The molecule has 142 valence electrons. The van der Waals surface area contributed by atoms with Gasteiger partial charge in [0, 0.05) is 29.1 Å². The van der Waals surface area contributed by atoms with Gasteiger partial charge in [0.25, 0.3) is 5.91 Å². The zero-order chi connectivity index (χ0) is 19.5. The second kappa shape index (κ2) is 7.86. The predicted octanol–water partition coefficient (Wildman–Crippen LogP) is 4.03. The fraction of sp³-hybridized carbons (Fsp3) is 0.190. The number of para-hydroxylation sites is 1. The summed E-state index contributed by atoms with van der Waals surface area (Å²) in [7, 11) is 0. The van der Waals surface area contributed by atoms with Gasteiger partial charge in [0.1, 0.15) is 5.52 Å². The molecule has 0 saturated heterocycles. The lowest BCUT2D eigenvalue weighted by Crippen LogP contribution is -2.24. The summed E-state index contributed by atoms with van der Waals surface area (Å²) in [6.07, 6.45) is 3.57. The third-order valence-electron chi connectivity index (χ3n) is 4.70. The molecule has 2 aromatic heterocycles. The molecule has 3 N–H and O–H groups in total. The second-order valence-electron chi connectivity index (χ2n) is 6.62. The molecule has 6 nitrogen and oxygen atoms in total. The first-order valence-corrected chi connectivity index (χ1v) is 9.54. The van der Waals surface area contributed by atoms with Crippen molar-refractivity contribution in [2.45, 2.75) is 19.4 Å². The molecule has 0 aliphatic carbocycles. The Labute approximate surface area is 167 Å². The molecule has 0 bridgehead atoms. The van der Waals surface area contributed by atoms with Crippen LogP contribution in [0.25, 0.3) is 21.9 Å². The number of fused-ring (bicyclic) bond motifs is 3. The first-order chi connectivity index (χ1) is 13.6. The number of halogens is 1. The van der Waals surface area contributed by atoms with Crippen LogP contribution >= 0.6 is 11.6 Å². The molecule has 4 aromatic rings. The number of aromatic nitrogens is 3. The lowest BCUT2D eigenvalue weighted by molar-refractivity contribution is 0.0953. The molecule has 0 saturated carbocycles. The number of nitrogens with one attached hydrogen (secondary N) is 1. The highest BCUT2D eigenvalue weighted by Crippen LogP contribution is 2.27. The highest BCUT2D eigenvalue weighted by Gasteiger charge is 2.12. The summed E-state index contributed by atoms with van der Waals surface area (Å²) in [5.41, 5.74) is 9.28. The number of rotatable bonds is 6. The number of nitrogen functional groups attached to an aromatic ring is 1. The van der Waals surface area contributed by atoms with Crippen LogP contribution in [0.15, 0.2) is 54.9 Å². The lowest BCUT2D eigenvalue weighted by atomic mass is 10.2. The smallest absolute Gasteiger partial charge is 0.251 e. The summed E-state index contributed by atoms with van der Waals surface area (Å²) >= 11 is 5.85. The number of benzene rings is 2. The van der Waals surface area contributed by atoms with E-state index < -0.39 is 0 Å². The van der Waals surface area contributed by atoms with E-state index in [2.05, 4.69) is 19.9 Å². The van der Waals surface area contributed by atoms with Crippen molar-refractivity contribution < 1.29 is 4.79 Å². The molecule has 0 fully saturated rings. The Bertz CT molecular complexity index is 1140. The van der Waals surface area contributed by atoms with E-state index >= 15 is 0 Å². The van der Waals surface area contributed by atoms with Crippen LogP contribution in [0.4, 0.5) is 5.82 Å². The summed E-state index contributed by atoms with van der Waals surface area (Å²) in [6, 6.07) is 14.8. The van der Waals surface area contributed by atoms with Gasteiger partial charge in [-0.25, -0.2) is 9.97 Å². The van der Waals surface area contributed by atoms with Gasteiger partial charge >= 0.3 is 0 Å². The number of carbonyl (C=O) groups is 1. The van der Waals surface area contributed by atoms with E-state index in [9.17, 15) is 4.79 Å². The van der Waals surface area contributed by atoms with E-state index in [1.807, 2.05) is 24.3 Å². The second-order valence-corrected chi connectivity index (χ2v) is 7.06. The molecule has 2 heterocycles. The van der Waals surface area contributed by atoms with Crippen molar-refractivity contribution in [1.82, 2.24) is 19.9 Å². The van der Waals surface area contributed by atoms with Gasteiger partial charge in [-0.1, -0.05) is 29.8 Å². The molecule has 0 radical (unpaired) electrons. The summed E-state index contributed by atoms with van der Waals surface area (Å²) in [5.74, 6) is 0.359. The minimum absolute atomic E-state index is 0.0883. The van der Waals surface area contributed by atoms with Crippen molar-refractivity contribution in [1.29, 1.82) is 0 Å². The summed E-state index contributed by atoms with van der Waals surface area (Å²) < 4.78 is 2.11. The van der Waals surface area contributed by atoms with E-state index in [0.29, 0.717) is 22.9 Å². The molecule has 7 heteroatoms. The summed E-state index contributed by atoms with van der Waals surface area (Å²) in [4.78, 5) is 21.0. The van der Waals surface area contributed by atoms with Gasteiger partial charge in [0.05, 0.1) is 17.4 Å². The highest BCUT2D eigenvalue weighted by atomic mass is 35.5. The van der Waals surface area contributed by atoms with E-state index in [0.717, 1.165) is 41.3 Å². The van der Waals surface area contributed by atoms with E-state index in [1.165, 1.54) is 0 Å². The maximum Gasteiger partial charge on any atom is 0.251 e. The maximum absolute atomic E-state index is 12.1. The average molecular weight is 394 g/mol. The Kier molecular flexibility index (Phi) is 5.12. The fourth-order valence-electron chi connectivity index (χ4n) is 3.29. The monoisotopic (exact) mass is 393 g/mol. The Morgan fingerprint density at radius 3 is 2.71 bits per heavy atom. The number of aryl methyl sites for hydroxylation is 1. The zero-order valence-corrected chi connectivity index (χ0v) is 16.0.